The van der Waals surface area contributed by atoms with Crippen molar-refractivity contribution in [2.75, 3.05) is 18.2 Å². The number of rotatable bonds is 2. The van der Waals surface area contributed by atoms with E-state index in [1.54, 1.807) is 0 Å². The van der Waals surface area contributed by atoms with E-state index in [0.29, 0.717) is 4.68 Å². The Hall–Kier alpha value is -2.44. The third kappa shape index (κ3) is 1.81. The number of hydrogen-bond donors (Lipinski definition) is 5. The lowest BCUT2D eigenvalue weighted by Crippen LogP contribution is -2.33. The minimum absolute atomic E-state index is 0.232. The number of nitrogens with one attached hydrogen (secondary N) is 1. The van der Waals surface area contributed by atoms with Crippen LogP contribution in [0, 0.1) is 0 Å². The Balaban J connectivity index is 2.22. The van der Waals surface area contributed by atoms with Gasteiger partial charge in [0.25, 0.3) is 5.56 Å². The van der Waals surface area contributed by atoms with Gasteiger partial charge in [-0.3, -0.25) is 9.78 Å². The summed E-state index contributed by atoms with van der Waals surface area (Å²) in [6.45, 7) is -0.684. The molecule has 2 aromatic heterocycles. The van der Waals surface area contributed by atoms with E-state index < -0.39 is 42.5 Å². The molecule has 2 aromatic rings. The molecule has 1 saturated heterocycles. The van der Waals surface area contributed by atoms with Crippen molar-refractivity contribution in [2.24, 2.45) is 0 Å². The molecule has 0 unspecified atom stereocenters. The molecule has 1 aliphatic rings. The van der Waals surface area contributed by atoms with Crippen LogP contribution in [0.1, 0.15) is 6.23 Å². The summed E-state index contributed by atoms with van der Waals surface area (Å²) in [5.74, 6) is 4.98. The zero-order chi connectivity index (χ0) is 16.2. The SMILES string of the molecule is Nc1nc2c([nH]c(=O)n2[C@@H]2O[C@H](CO)[C@@H](F)[C@H]2O)c(=O)n1N. The van der Waals surface area contributed by atoms with Gasteiger partial charge in [0.1, 0.15) is 12.2 Å². The Morgan fingerprint density at radius 2 is 2.14 bits per heavy atom. The standard InChI is InChI=1S/C10H13FN6O5/c11-3-2(1-18)22-8(5(3)19)16-6-4(14-10(16)21)7(20)17(13)9(12)15-6/h2-3,5,8,18-19H,1,13H2,(H2,12,15)(H,14,21)/t2-,3-,5-,8-/m1/s1. The maximum atomic E-state index is 13.8. The van der Waals surface area contributed by atoms with E-state index in [4.69, 9.17) is 21.4 Å². The Kier molecular flexibility index (Phi) is 3.16. The van der Waals surface area contributed by atoms with Gasteiger partial charge in [0.05, 0.1) is 6.61 Å². The molecule has 22 heavy (non-hydrogen) atoms. The van der Waals surface area contributed by atoms with Crippen LogP contribution in [0.3, 0.4) is 0 Å². The van der Waals surface area contributed by atoms with Gasteiger partial charge in [-0.2, -0.15) is 9.66 Å². The number of nitrogens with zero attached hydrogens (tertiary/aromatic N) is 3. The fourth-order valence-electron chi connectivity index (χ4n) is 2.39. The van der Waals surface area contributed by atoms with E-state index >= 15 is 0 Å². The number of nitrogens with two attached hydrogens (primary N) is 2. The summed E-state index contributed by atoms with van der Waals surface area (Å²) in [4.78, 5) is 29.9. The van der Waals surface area contributed by atoms with E-state index in [9.17, 15) is 19.1 Å². The van der Waals surface area contributed by atoms with Gasteiger partial charge in [0, 0.05) is 0 Å². The predicted octanol–water partition coefficient (Wildman–Crippen LogP) is -3.23. The molecule has 120 valence electrons. The van der Waals surface area contributed by atoms with Gasteiger partial charge < -0.3 is 26.5 Å². The summed E-state index contributed by atoms with van der Waals surface area (Å²) in [7, 11) is 0. The summed E-state index contributed by atoms with van der Waals surface area (Å²) in [5.41, 5.74) is 3.28. The quantitative estimate of drug-likeness (QED) is 0.359. The van der Waals surface area contributed by atoms with E-state index in [1.165, 1.54) is 0 Å². The number of ether oxygens (including phenoxy) is 1. The molecule has 3 rings (SSSR count). The molecule has 12 heteroatoms. The van der Waals surface area contributed by atoms with Crippen molar-refractivity contribution in [2.45, 2.75) is 24.6 Å². The Bertz CT molecular complexity index is 843. The van der Waals surface area contributed by atoms with Gasteiger partial charge in [-0.15, -0.1) is 0 Å². The zero-order valence-electron chi connectivity index (χ0n) is 11.0. The van der Waals surface area contributed by atoms with Crippen LogP contribution in [-0.4, -0.2) is 54.4 Å². The molecular formula is C10H13FN6O5. The normalized spacial score (nSPS) is 28.5. The molecule has 4 atom stereocenters. The molecule has 0 saturated carbocycles. The summed E-state index contributed by atoms with van der Waals surface area (Å²) in [5, 5.41) is 18.9. The molecule has 0 bridgehead atoms. The highest BCUT2D eigenvalue weighted by atomic mass is 19.1. The Morgan fingerprint density at radius 3 is 2.73 bits per heavy atom. The number of aliphatic hydroxyl groups is 2. The zero-order valence-corrected chi connectivity index (χ0v) is 11.0. The lowest BCUT2D eigenvalue weighted by atomic mass is 10.1. The third-order valence-electron chi connectivity index (χ3n) is 3.52. The highest BCUT2D eigenvalue weighted by molar-refractivity contribution is 5.71. The topological polar surface area (TPSA) is 174 Å². The smallest absolute Gasteiger partial charge is 0.330 e. The summed E-state index contributed by atoms with van der Waals surface area (Å²) >= 11 is 0. The number of imidazole rings is 1. The highest BCUT2D eigenvalue weighted by Gasteiger charge is 2.46. The lowest BCUT2D eigenvalue weighted by molar-refractivity contribution is -0.0510. The van der Waals surface area contributed by atoms with Gasteiger partial charge in [-0.1, -0.05) is 0 Å². The molecule has 0 aromatic carbocycles. The maximum Gasteiger partial charge on any atom is 0.330 e. The molecular weight excluding hydrogens is 303 g/mol. The molecule has 1 aliphatic heterocycles. The first-order chi connectivity index (χ1) is 10.4. The number of alkyl halides is 1. The van der Waals surface area contributed by atoms with Gasteiger partial charge in [0.2, 0.25) is 5.95 Å². The second-order valence-corrected chi connectivity index (χ2v) is 4.83. The number of fused-ring (bicyclic) bond motifs is 1. The van der Waals surface area contributed by atoms with Crippen molar-refractivity contribution in [1.29, 1.82) is 0 Å². The number of aromatic nitrogens is 4. The minimum atomic E-state index is -1.90. The van der Waals surface area contributed by atoms with Crippen LogP contribution in [0.5, 0.6) is 0 Å². The van der Waals surface area contributed by atoms with Crippen molar-refractivity contribution in [3.63, 3.8) is 0 Å². The average molecular weight is 316 g/mol. The molecule has 0 amide bonds. The highest BCUT2D eigenvalue weighted by Crippen LogP contribution is 2.31. The van der Waals surface area contributed by atoms with Gasteiger partial charge in [-0.25, -0.2) is 13.8 Å². The minimum Gasteiger partial charge on any atom is -0.394 e. The summed E-state index contributed by atoms with van der Waals surface area (Å²) < 4.78 is 20.2. The molecule has 0 aliphatic carbocycles. The van der Waals surface area contributed by atoms with Crippen LogP contribution < -0.4 is 22.8 Å². The summed E-state index contributed by atoms with van der Waals surface area (Å²) in [6, 6.07) is 0. The van der Waals surface area contributed by atoms with Crippen molar-refractivity contribution in [3.8, 4) is 0 Å². The van der Waals surface area contributed by atoms with Crippen molar-refractivity contribution in [1.82, 2.24) is 19.2 Å². The number of anilines is 1. The average Bonchev–Trinajstić information content (AvgIpc) is 2.95. The van der Waals surface area contributed by atoms with E-state index in [2.05, 4.69) is 9.97 Å². The lowest BCUT2D eigenvalue weighted by Gasteiger charge is -2.15. The van der Waals surface area contributed by atoms with Crippen LogP contribution in [-0.2, 0) is 4.74 Å². The Labute approximate surface area is 120 Å². The van der Waals surface area contributed by atoms with Crippen molar-refractivity contribution < 1.29 is 19.3 Å². The first-order valence-corrected chi connectivity index (χ1v) is 6.23. The van der Waals surface area contributed by atoms with Crippen LogP contribution in [0.2, 0.25) is 0 Å². The number of halogens is 1. The largest absolute Gasteiger partial charge is 0.394 e. The second-order valence-electron chi connectivity index (χ2n) is 4.83. The summed E-state index contributed by atoms with van der Waals surface area (Å²) in [6.07, 6.45) is -6.39. The van der Waals surface area contributed by atoms with E-state index in [-0.39, 0.29) is 17.1 Å². The van der Waals surface area contributed by atoms with E-state index in [0.717, 1.165) is 4.57 Å². The number of nitrogen functional groups attached to an aromatic ring is 2. The predicted molar refractivity (Wildman–Crippen MR) is 71.1 cm³/mol. The fourth-order valence-corrected chi connectivity index (χ4v) is 2.39. The molecule has 0 spiro atoms. The molecule has 11 nitrogen and oxygen atoms in total. The van der Waals surface area contributed by atoms with Crippen LogP contribution >= 0.6 is 0 Å². The number of aromatic amines is 1. The Morgan fingerprint density at radius 1 is 1.45 bits per heavy atom. The molecule has 1 fully saturated rings. The van der Waals surface area contributed by atoms with E-state index in [1.807, 2.05) is 0 Å². The maximum absolute atomic E-state index is 13.8. The van der Waals surface area contributed by atoms with Crippen LogP contribution in [0.15, 0.2) is 9.59 Å². The third-order valence-corrected chi connectivity index (χ3v) is 3.52. The van der Waals surface area contributed by atoms with Crippen LogP contribution in [0.25, 0.3) is 11.2 Å². The first kappa shape index (κ1) is 14.5. The van der Waals surface area contributed by atoms with Crippen molar-refractivity contribution >= 4 is 17.1 Å². The molecule has 0 radical (unpaired) electrons. The first-order valence-electron chi connectivity index (χ1n) is 6.23. The van der Waals surface area contributed by atoms with Gasteiger partial charge in [-0.05, 0) is 0 Å². The van der Waals surface area contributed by atoms with Gasteiger partial charge in [0.15, 0.2) is 23.6 Å². The monoisotopic (exact) mass is 316 g/mol. The number of hydrogen-bond acceptors (Lipinski definition) is 8. The van der Waals surface area contributed by atoms with Crippen molar-refractivity contribution in [3.05, 3.63) is 20.8 Å². The molecule has 7 N–H and O–H groups in total. The fraction of sp³-hybridized carbons (Fsp3) is 0.500. The van der Waals surface area contributed by atoms with Crippen LogP contribution in [0.4, 0.5) is 10.3 Å². The second kappa shape index (κ2) is 4.79. The number of H-pyrrole nitrogens is 1. The number of aliphatic hydroxyl groups excluding tert-OH is 2. The molecule has 3 heterocycles. The van der Waals surface area contributed by atoms with Gasteiger partial charge >= 0.3 is 5.69 Å².